The Hall–Kier alpha value is -2.04. The van der Waals surface area contributed by atoms with Crippen molar-refractivity contribution in [2.75, 3.05) is 12.4 Å². The number of benzene rings is 1. The average molecular weight is 292 g/mol. The largest absolute Gasteiger partial charge is 0.467 e. The molecular formula is C16H24N2O3. The summed E-state index contributed by atoms with van der Waals surface area (Å²) in [5.41, 5.74) is 2.85. The Kier molecular flexibility index (Phi) is 6.21. The lowest BCUT2D eigenvalue weighted by molar-refractivity contribution is -0.143. The minimum absolute atomic E-state index is 0.0503. The summed E-state index contributed by atoms with van der Waals surface area (Å²) in [6.07, 6.45) is 0.821. The fraction of sp³-hybridized carbons (Fsp3) is 0.500. The lowest BCUT2D eigenvalue weighted by Crippen LogP contribution is -2.46. The van der Waals surface area contributed by atoms with E-state index in [1.165, 1.54) is 7.11 Å². The zero-order valence-corrected chi connectivity index (χ0v) is 13.3. The van der Waals surface area contributed by atoms with Crippen molar-refractivity contribution < 1.29 is 14.3 Å². The van der Waals surface area contributed by atoms with Gasteiger partial charge in [-0.3, -0.25) is 0 Å². The molecule has 1 atom stereocenters. The molecule has 116 valence electrons. The first-order valence-corrected chi connectivity index (χ1v) is 7.14. The number of carbonyl (C=O) groups is 2. The molecule has 0 aromatic heterocycles. The Labute approximate surface area is 126 Å². The lowest BCUT2D eigenvalue weighted by atomic mass is 10.0. The Morgan fingerprint density at radius 2 is 1.95 bits per heavy atom. The molecular weight excluding hydrogens is 268 g/mol. The van der Waals surface area contributed by atoms with Crippen molar-refractivity contribution >= 4 is 17.7 Å². The van der Waals surface area contributed by atoms with Crippen LogP contribution in [0.3, 0.4) is 0 Å². The number of methoxy groups -OCH3 is 1. The van der Waals surface area contributed by atoms with Crippen molar-refractivity contribution in [2.45, 2.75) is 40.2 Å². The van der Waals surface area contributed by atoms with E-state index in [0.29, 0.717) is 0 Å². The van der Waals surface area contributed by atoms with Crippen LogP contribution in [0.4, 0.5) is 10.5 Å². The zero-order valence-electron chi connectivity index (χ0n) is 13.3. The van der Waals surface area contributed by atoms with Crippen LogP contribution in [-0.4, -0.2) is 25.2 Å². The van der Waals surface area contributed by atoms with Gasteiger partial charge in [0, 0.05) is 5.69 Å². The number of anilines is 1. The van der Waals surface area contributed by atoms with E-state index in [0.717, 1.165) is 23.2 Å². The minimum atomic E-state index is -0.663. The van der Waals surface area contributed by atoms with Crippen LogP contribution in [0, 0.1) is 12.8 Å². The highest BCUT2D eigenvalue weighted by Crippen LogP contribution is 2.21. The zero-order chi connectivity index (χ0) is 16.0. The second kappa shape index (κ2) is 7.67. The van der Waals surface area contributed by atoms with Crippen LogP contribution in [0.5, 0.6) is 0 Å². The number of carbonyl (C=O) groups excluding carboxylic acids is 2. The molecule has 0 aliphatic rings. The van der Waals surface area contributed by atoms with Crippen LogP contribution in [0.2, 0.25) is 0 Å². The molecule has 1 aromatic carbocycles. The van der Waals surface area contributed by atoms with E-state index in [2.05, 4.69) is 10.6 Å². The molecule has 5 nitrogen and oxygen atoms in total. The third kappa shape index (κ3) is 4.48. The topological polar surface area (TPSA) is 67.4 Å². The summed E-state index contributed by atoms with van der Waals surface area (Å²) >= 11 is 0. The van der Waals surface area contributed by atoms with Gasteiger partial charge in [0.2, 0.25) is 0 Å². The van der Waals surface area contributed by atoms with Gasteiger partial charge in [-0.1, -0.05) is 39.0 Å². The monoisotopic (exact) mass is 292 g/mol. The van der Waals surface area contributed by atoms with E-state index >= 15 is 0 Å². The van der Waals surface area contributed by atoms with Crippen LogP contribution < -0.4 is 10.6 Å². The molecule has 0 heterocycles. The molecule has 0 fully saturated rings. The molecule has 0 bridgehead atoms. The summed E-state index contributed by atoms with van der Waals surface area (Å²) in [5, 5.41) is 5.51. The first kappa shape index (κ1) is 17.0. The number of nitrogens with one attached hydrogen (secondary N) is 2. The fourth-order valence-electron chi connectivity index (χ4n) is 2.12. The van der Waals surface area contributed by atoms with Crippen LogP contribution in [-0.2, 0) is 16.0 Å². The molecule has 1 aromatic rings. The van der Waals surface area contributed by atoms with Gasteiger partial charge in [-0.05, 0) is 30.4 Å². The smallest absolute Gasteiger partial charge is 0.328 e. The van der Waals surface area contributed by atoms with Gasteiger partial charge in [0.05, 0.1) is 7.11 Å². The molecule has 21 heavy (non-hydrogen) atoms. The SMILES string of the molecule is CCc1cccc(C)c1NC(=O)NC(C(=O)OC)C(C)C. The Balaban J connectivity index is 2.84. The van der Waals surface area contributed by atoms with Gasteiger partial charge in [0.1, 0.15) is 6.04 Å². The molecule has 2 N–H and O–H groups in total. The maximum absolute atomic E-state index is 12.1. The van der Waals surface area contributed by atoms with E-state index in [-0.39, 0.29) is 5.92 Å². The van der Waals surface area contributed by atoms with E-state index < -0.39 is 18.0 Å². The Bertz CT molecular complexity index is 512. The molecule has 1 rings (SSSR count). The summed E-state index contributed by atoms with van der Waals surface area (Å²) in [7, 11) is 1.31. The average Bonchev–Trinajstić information content (AvgIpc) is 2.45. The maximum atomic E-state index is 12.1. The lowest BCUT2D eigenvalue weighted by Gasteiger charge is -2.21. The third-order valence-corrected chi connectivity index (χ3v) is 3.39. The second-order valence-corrected chi connectivity index (χ2v) is 5.31. The molecule has 0 spiro atoms. The van der Waals surface area contributed by atoms with Crippen LogP contribution in [0.1, 0.15) is 31.9 Å². The molecule has 0 saturated heterocycles. The van der Waals surface area contributed by atoms with Gasteiger partial charge in [0.15, 0.2) is 0 Å². The van der Waals surface area contributed by atoms with Crippen molar-refractivity contribution in [1.29, 1.82) is 0 Å². The summed E-state index contributed by atoms with van der Waals surface area (Å²) in [6, 6.07) is 4.81. The summed E-state index contributed by atoms with van der Waals surface area (Å²) < 4.78 is 4.71. The van der Waals surface area contributed by atoms with Gasteiger partial charge in [0.25, 0.3) is 0 Å². The van der Waals surface area contributed by atoms with Gasteiger partial charge >= 0.3 is 12.0 Å². The normalized spacial score (nSPS) is 11.9. The quantitative estimate of drug-likeness (QED) is 0.820. The molecule has 2 amide bonds. The van der Waals surface area contributed by atoms with E-state index in [1.807, 2.05) is 45.9 Å². The second-order valence-electron chi connectivity index (χ2n) is 5.31. The first-order valence-electron chi connectivity index (χ1n) is 7.14. The first-order chi connectivity index (χ1) is 9.90. The predicted octanol–water partition coefficient (Wildman–Crippen LogP) is 2.88. The number of aryl methyl sites for hydroxylation is 2. The number of urea groups is 1. The van der Waals surface area contributed by atoms with Gasteiger partial charge in [-0.25, -0.2) is 9.59 Å². The van der Waals surface area contributed by atoms with Crippen molar-refractivity contribution in [2.24, 2.45) is 5.92 Å². The fourth-order valence-corrected chi connectivity index (χ4v) is 2.12. The predicted molar refractivity (Wildman–Crippen MR) is 83.4 cm³/mol. The van der Waals surface area contributed by atoms with Gasteiger partial charge in [-0.2, -0.15) is 0 Å². The number of hydrogen-bond acceptors (Lipinski definition) is 3. The van der Waals surface area contributed by atoms with Gasteiger partial charge in [-0.15, -0.1) is 0 Å². The highest BCUT2D eigenvalue weighted by atomic mass is 16.5. The van der Waals surface area contributed by atoms with E-state index in [9.17, 15) is 9.59 Å². The van der Waals surface area contributed by atoms with Crippen molar-refractivity contribution in [3.8, 4) is 0 Å². The Morgan fingerprint density at radius 1 is 1.29 bits per heavy atom. The molecule has 0 radical (unpaired) electrons. The third-order valence-electron chi connectivity index (χ3n) is 3.39. The molecule has 0 saturated carbocycles. The van der Waals surface area contributed by atoms with E-state index in [4.69, 9.17) is 4.74 Å². The Morgan fingerprint density at radius 3 is 2.48 bits per heavy atom. The number of esters is 1. The summed E-state index contributed by atoms with van der Waals surface area (Å²) in [4.78, 5) is 23.8. The van der Waals surface area contributed by atoms with Crippen LogP contribution in [0.15, 0.2) is 18.2 Å². The van der Waals surface area contributed by atoms with Crippen molar-refractivity contribution in [1.82, 2.24) is 5.32 Å². The van der Waals surface area contributed by atoms with Crippen LogP contribution >= 0.6 is 0 Å². The standard InChI is InChI=1S/C16H24N2O3/c1-6-12-9-7-8-11(4)14(12)18-16(20)17-13(10(2)3)15(19)21-5/h7-10,13H,6H2,1-5H3,(H2,17,18,20). The van der Waals surface area contributed by atoms with Crippen molar-refractivity contribution in [3.05, 3.63) is 29.3 Å². The molecule has 5 heteroatoms. The van der Waals surface area contributed by atoms with Crippen LogP contribution in [0.25, 0.3) is 0 Å². The number of amides is 2. The highest BCUT2D eigenvalue weighted by Gasteiger charge is 2.25. The number of ether oxygens (including phenoxy) is 1. The number of para-hydroxylation sites is 1. The summed E-state index contributed by atoms with van der Waals surface area (Å²) in [5.74, 6) is -0.494. The summed E-state index contributed by atoms with van der Waals surface area (Å²) in [6.45, 7) is 7.68. The molecule has 0 aliphatic carbocycles. The van der Waals surface area contributed by atoms with E-state index in [1.54, 1.807) is 0 Å². The molecule has 0 aliphatic heterocycles. The number of rotatable bonds is 5. The number of hydrogen-bond donors (Lipinski definition) is 2. The minimum Gasteiger partial charge on any atom is -0.467 e. The highest BCUT2D eigenvalue weighted by molar-refractivity contribution is 5.93. The molecule has 1 unspecified atom stereocenters. The van der Waals surface area contributed by atoms with Gasteiger partial charge < -0.3 is 15.4 Å². The van der Waals surface area contributed by atoms with Crippen molar-refractivity contribution in [3.63, 3.8) is 0 Å². The maximum Gasteiger partial charge on any atom is 0.328 e.